The van der Waals surface area contributed by atoms with Gasteiger partial charge in [-0.3, -0.25) is 4.79 Å². The van der Waals surface area contributed by atoms with E-state index in [1.807, 2.05) is 17.3 Å². The molecule has 1 aliphatic carbocycles. The number of likely N-dealkylation sites (N-methyl/N-ethyl adjacent to an activating group) is 1. The summed E-state index contributed by atoms with van der Waals surface area (Å²) in [6.07, 6.45) is 6.64. The monoisotopic (exact) mass is 238 g/mol. The van der Waals surface area contributed by atoms with E-state index in [1.165, 1.54) is 32.1 Å². The first-order valence-corrected chi connectivity index (χ1v) is 6.84. The van der Waals surface area contributed by atoms with Crippen LogP contribution in [0.15, 0.2) is 10.9 Å². The summed E-state index contributed by atoms with van der Waals surface area (Å²) in [4.78, 5) is 18.1. The lowest BCUT2D eigenvalue weighted by Gasteiger charge is -2.31. The molecule has 16 heavy (non-hydrogen) atoms. The summed E-state index contributed by atoms with van der Waals surface area (Å²) in [7, 11) is 1.94. The van der Waals surface area contributed by atoms with Gasteiger partial charge in [0.25, 0.3) is 0 Å². The number of hydrogen-bond donors (Lipinski definition) is 0. The topological polar surface area (TPSA) is 33.2 Å². The number of carbonyl (C=O) groups excluding carboxylic acids is 1. The van der Waals surface area contributed by atoms with E-state index < -0.39 is 0 Å². The first-order chi connectivity index (χ1) is 7.77. The fourth-order valence-corrected chi connectivity index (χ4v) is 2.83. The van der Waals surface area contributed by atoms with Crippen LogP contribution in [0, 0.1) is 0 Å². The van der Waals surface area contributed by atoms with Crippen molar-refractivity contribution in [3.63, 3.8) is 0 Å². The normalized spacial score (nSPS) is 17.3. The van der Waals surface area contributed by atoms with Gasteiger partial charge < -0.3 is 4.90 Å². The Hall–Kier alpha value is -0.900. The van der Waals surface area contributed by atoms with Crippen LogP contribution in [-0.4, -0.2) is 28.9 Å². The summed E-state index contributed by atoms with van der Waals surface area (Å²) in [5, 5.41) is 1.95. The lowest BCUT2D eigenvalue weighted by molar-refractivity contribution is -0.131. The third-order valence-electron chi connectivity index (χ3n) is 3.33. The van der Waals surface area contributed by atoms with Gasteiger partial charge in [0.05, 0.1) is 17.6 Å². The first kappa shape index (κ1) is 11.6. The molecule has 0 aliphatic heterocycles. The van der Waals surface area contributed by atoms with Crippen molar-refractivity contribution in [2.75, 3.05) is 7.05 Å². The van der Waals surface area contributed by atoms with Gasteiger partial charge in [-0.05, 0) is 12.8 Å². The molecule has 0 aromatic carbocycles. The molecule has 1 amide bonds. The molecular weight excluding hydrogens is 220 g/mol. The van der Waals surface area contributed by atoms with Gasteiger partial charge in [0.1, 0.15) is 0 Å². The summed E-state index contributed by atoms with van der Waals surface area (Å²) in [5.41, 5.74) is 2.68. The maximum absolute atomic E-state index is 12.0. The number of thiazole rings is 1. The van der Waals surface area contributed by atoms with E-state index in [-0.39, 0.29) is 5.91 Å². The van der Waals surface area contributed by atoms with E-state index in [9.17, 15) is 4.79 Å². The zero-order valence-corrected chi connectivity index (χ0v) is 10.5. The Bertz CT molecular complexity index is 331. The molecule has 1 saturated carbocycles. The van der Waals surface area contributed by atoms with Gasteiger partial charge in [0.15, 0.2) is 0 Å². The van der Waals surface area contributed by atoms with Gasteiger partial charge in [-0.15, -0.1) is 11.3 Å². The standard InChI is InChI=1S/C12H18N2OS/c1-14(11-5-3-2-4-6-11)12(15)7-10-8-16-9-13-10/h8-9,11H,2-7H2,1H3. The Morgan fingerprint density at radius 2 is 2.25 bits per heavy atom. The van der Waals surface area contributed by atoms with Crippen molar-refractivity contribution in [2.24, 2.45) is 0 Å². The molecule has 1 aromatic rings. The van der Waals surface area contributed by atoms with Crippen LogP contribution in [0.3, 0.4) is 0 Å². The fourth-order valence-electron chi connectivity index (χ4n) is 2.28. The zero-order valence-electron chi connectivity index (χ0n) is 9.69. The van der Waals surface area contributed by atoms with Crippen LogP contribution in [0.2, 0.25) is 0 Å². The second-order valence-corrected chi connectivity index (χ2v) is 5.17. The molecule has 3 nitrogen and oxygen atoms in total. The van der Waals surface area contributed by atoms with Crippen molar-refractivity contribution in [1.29, 1.82) is 0 Å². The van der Waals surface area contributed by atoms with Gasteiger partial charge >= 0.3 is 0 Å². The number of carbonyl (C=O) groups is 1. The molecule has 0 radical (unpaired) electrons. The number of amides is 1. The Labute approximate surface area is 100 Å². The molecule has 1 aromatic heterocycles. The van der Waals surface area contributed by atoms with Crippen LogP contribution >= 0.6 is 11.3 Å². The number of hydrogen-bond acceptors (Lipinski definition) is 3. The van der Waals surface area contributed by atoms with Gasteiger partial charge in [-0.1, -0.05) is 19.3 Å². The summed E-state index contributed by atoms with van der Waals surface area (Å²) in [6.45, 7) is 0. The maximum Gasteiger partial charge on any atom is 0.228 e. The molecule has 88 valence electrons. The molecule has 4 heteroatoms. The highest BCUT2D eigenvalue weighted by Crippen LogP contribution is 2.22. The largest absolute Gasteiger partial charge is 0.342 e. The van der Waals surface area contributed by atoms with Gasteiger partial charge in [-0.2, -0.15) is 0 Å². The summed E-state index contributed by atoms with van der Waals surface area (Å²) in [5.74, 6) is 0.206. The van der Waals surface area contributed by atoms with E-state index in [1.54, 1.807) is 16.8 Å². The third kappa shape index (κ3) is 2.82. The maximum atomic E-state index is 12.0. The minimum Gasteiger partial charge on any atom is -0.342 e. The third-order valence-corrected chi connectivity index (χ3v) is 3.97. The number of rotatable bonds is 3. The lowest BCUT2D eigenvalue weighted by Crippen LogP contribution is -2.39. The Kier molecular flexibility index (Phi) is 3.93. The second kappa shape index (κ2) is 5.43. The fraction of sp³-hybridized carbons (Fsp3) is 0.667. The van der Waals surface area contributed by atoms with Gasteiger partial charge in [-0.25, -0.2) is 4.98 Å². The second-order valence-electron chi connectivity index (χ2n) is 4.45. The van der Waals surface area contributed by atoms with Crippen LogP contribution in [0.5, 0.6) is 0 Å². The SMILES string of the molecule is CN(C(=O)Cc1cscn1)C1CCCCC1. The molecule has 1 fully saturated rings. The quantitative estimate of drug-likeness (QED) is 0.810. The molecule has 0 unspecified atom stereocenters. The minimum absolute atomic E-state index is 0.206. The van der Waals surface area contributed by atoms with Crippen molar-refractivity contribution in [2.45, 2.75) is 44.6 Å². The number of aromatic nitrogens is 1. The summed E-state index contributed by atoms with van der Waals surface area (Å²) < 4.78 is 0. The Balaban J connectivity index is 1.88. The van der Waals surface area contributed by atoms with Crippen molar-refractivity contribution < 1.29 is 4.79 Å². The van der Waals surface area contributed by atoms with Crippen molar-refractivity contribution >= 4 is 17.2 Å². The molecule has 1 heterocycles. The van der Waals surface area contributed by atoms with Crippen molar-refractivity contribution in [1.82, 2.24) is 9.88 Å². The molecule has 1 aliphatic rings. The molecule has 0 spiro atoms. The van der Waals surface area contributed by atoms with Crippen LogP contribution in [0.4, 0.5) is 0 Å². The highest BCUT2D eigenvalue weighted by atomic mass is 32.1. The molecule has 2 rings (SSSR count). The smallest absolute Gasteiger partial charge is 0.228 e. The summed E-state index contributed by atoms with van der Waals surface area (Å²) in [6, 6.07) is 0.458. The van der Waals surface area contributed by atoms with Crippen molar-refractivity contribution in [3.05, 3.63) is 16.6 Å². The van der Waals surface area contributed by atoms with E-state index in [0.29, 0.717) is 12.5 Å². The summed E-state index contributed by atoms with van der Waals surface area (Å²) >= 11 is 1.55. The number of nitrogens with zero attached hydrogens (tertiary/aromatic N) is 2. The average molecular weight is 238 g/mol. The minimum atomic E-state index is 0.206. The van der Waals surface area contributed by atoms with Gasteiger partial charge in [0.2, 0.25) is 5.91 Å². The first-order valence-electron chi connectivity index (χ1n) is 5.90. The van der Waals surface area contributed by atoms with Gasteiger partial charge in [0, 0.05) is 18.5 Å². The zero-order chi connectivity index (χ0) is 11.4. The highest BCUT2D eigenvalue weighted by Gasteiger charge is 2.22. The predicted molar refractivity (Wildman–Crippen MR) is 65.5 cm³/mol. The molecule has 0 bridgehead atoms. The molecule has 0 N–H and O–H groups in total. The van der Waals surface area contributed by atoms with Crippen LogP contribution in [-0.2, 0) is 11.2 Å². The van der Waals surface area contributed by atoms with Crippen LogP contribution in [0.25, 0.3) is 0 Å². The van der Waals surface area contributed by atoms with E-state index in [4.69, 9.17) is 0 Å². The lowest BCUT2D eigenvalue weighted by atomic mass is 9.94. The Morgan fingerprint density at radius 3 is 2.88 bits per heavy atom. The van der Waals surface area contributed by atoms with Crippen LogP contribution in [0.1, 0.15) is 37.8 Å². The van der Waals surface area contributed by atoms with E-state index in [0.717, 1.165) is 5.69 Å². The van der Waals surface area contributed by atoms with E-state index >= 15 is 0 Å². The highest BCUT2D eigenvalue weighted by molar-refractivity contribution is 7.07. The Morgan fingerprint density at radius 1 is 1.50 bits per heavy atom. The molecule has 0 atom stereocenters. The molecule has 0 saturated heterocycles. The molecular formula is C12H18N2OS. The average Bonchev–Trinajstić information content (AvgIpc) is 2.82. The van der Waals surface area contributed by atoms with Crippen LogP contribution < -0.4 is 0 Å². The predicted octanol–water partition coefficient (Wildman–Crippen LogP) is 2.48. The van der Waals surface area contributed by atoms with Crippen molar-refractivity contribution in [3.8, 4) is 0 Å². The van der Waals surface area contributed by atoms with E-state index in [2.05, 4.69) is 4.98 Å².